The Morgan fingerprint density at radius 3 is 2.28 bits per heavy atom. The maximum absolute atomic E-state index is 12.9. The number of ether oxygens (including phenoxy) is 1. The van der Waals surface area contributed by atoms with Gasteiger partial charge in [0, 0.05) is 24.4 Å². The van der Waals surface area contributed by atoms with Crippen molar-refractivity contribution in [3.8, 4) is 5.75 Å². The Kier molecular flexibility index (Phi) is 7.99. The molecular weight excluding hydrogens is 511 g/mol. The van der Waals surface area contributed by atoms with Crippen molar-refractivity contribution in [2.24, 2.45) is 0 Å². The highest BCUT2D eigenvalue weighted by atomic mass is 19.4. The number of nitrogens with one attached hydrogen (secondary N) is 2. The Morgan fingerprint density at radius 1 is 0.949 bits per heavy atom. The van der Waals surface area contributed by atoms with Crippen molar-refractivity contribution in [1.29, 1.82) is 0 Å². The van der Waals surface area contributed by atoms with Crippen LogP contribution in [0.4, 0.5) is 18.9 Å². The summed E-state index contributed by atoms with van der Waals surface area (Å²) in [5.41, 5.74) is 3.50. The molecule has 0 fully saturated rings. The molecular formula is C28H26F3N5O3. The third-order valence-electron chi connectivity index (χ3n) is 6.04. The first-order valence-electron chi connectivity index (χ1n) is 12.0. The summed E-state index contributed by atoms with van der Waals surface area (Å²) in [5, 5.41) is 10.0. The predicted molar refractivity (Wildman–Crippen MR) is 139 cm³/mol. The van der Waals surface area contributed by atoms with Crippen molar-refractivity contribution in [3.05, 3.63) is 106 Å². The summed E-state index contributed by atoms with van der Waals surface area (Å²) in [4.78, 5) is 29.1. The molecule has 4 aromatic rings. The first-order valence-corrected chi connectivity index (χ1v) is 12.0. The van der Waals surface area contributed by atoms with E-state index in [4.69, 9.17) is 4.74 Å². The number of amides is 2. The van der Waals surface area contributed by atoms with Crippen molar-refractivity contribution in [2.75, 3.05) is 12.4 Å². The van der Waals surface area contributed by atoms with Crippen molar-refractivity contribution in [1.82, 2.24) is 20.1 Å². The van der Waals surface area contributed by atoms with E-state index in [0.29, 0.717) is 40.5 Å². The number of hydrogen-bond donors (Lipinski definition) is 2. The van der Waals surface area contributed by atoms with Crippen molar-refractivity contribution in [3.63, 3.8) is 0 Å². The average Bonchev–Trinajstić information content (AvgIpc) is 3.18. The second-order valence-corrected chi connectivity index (χ2v) is 8.78. The number of halogens is 3. The summed E-state index contributed by atoms with van der Waals surface area (Å²) in [5.74, 6) is -0.226. The number of aromatic nitrogens is 3. The fourth-order valence-corrected chi connectivity index (χ4v) is 3.88. The van der Waals surface area contributed by atoms with Gasteiger partial charge in [-0.05, 0) is 67.9 Å². The van der Waals surface area contributed by atoms with Gasteiger partial charge >= 0.3 is 6.18 Å². The van der Waals surface area contributed by atoms with Gasteiger partial charge in [0.25, 0.3) is 11.8 Å². The van der Waals surface area contributed by atoms with Gasteiger partial charge in [-0.25, -0.2) is 0 Å². The van der Waals surface area contributed by atoms with Crippen LogP contribution in [-0.4, -0.2) is 33.6 Å². The maximum Gasteiger partial charge on any atom is 0.416 e. The van der Waals surface area contributed by atoms with Gasteiger partial charge in [0.15, 0.2) is 0 Å². The number of anilines is 1. The average molecular weight is 538 g/mol. The predicted octanol–water partition coefficient (Wildman–Crippen LogP) is 5.15. The summed E-state index contributed by atoms with van der Waals surface area (Å²) in [6.07, 6.45) is -2.84. The number of pyridine rings is 1. The molecule has 0 unspecified atom stereocenters. The fourth-order valence-electron chi connectivity index (χ4n) is 3.88. The van der Waals surface area contributed by atoms with Crippen LogP contribution in [0, 0.1) is 13.8 Å². The lowest BCUT2D eigenvalue weighted by atomic mass is 10.1. The van der Waals surface area contributed by atoms with Gasteiger partial charge < -0.3 is 15.4 Å². The zero-order valence-corrected chi connectivity index (χ0v) is 21.5. The van der Waals surface area contributed by atoms with E-state index in [1.54, 1.807) is 61.2 Å². The number of benzene rings is 2. The Morgan fingerprint density at radius 2 is 1.64 bits per heavy atom. The zero-order valence-electron chi connectivity index (χ0n) is 21.5. The molecule has 0 saturated carbocycles. The number of nitrogens with zero attached hydrogens (tertiary/aromatic N) is 3. The Bertz CT molecular complexity index is 1480. The summed E-state index contributed by atoms with van der Waals surface area (Å²) >= 11 is 0. The molecule has 2 aromatic carbocycles. The molecule has 2 aromatic heterocycles. The highest BCUT2D eigenvalue weighted by molar-refractivity contribution is 6.04. The van der Waals surface area contributed by atoms with Gasteiger partial charge in [-0.3, -0.25) is 19.3 Å². The first-order chi connectivity index (χ1) is 18.5. The molecule has 202 valence electrons. The molecule has 39 heavy (non-hydrogen) atoms. The summed E-state index contributed by atoms with van der Waals surface area (Å²) in [7, 11) is 1.56. The lowest BCUT2D eigenvalue weighted by Crippen LogP contribution is -2.18. The topological polar surface area (TPSA) is 98.1 Å². The summed E-state index contributed by atoms with van der Waals surface area (Å²) in [6.45, 7) is 4.07. The summed E-state index contributed by atoms with van der Waals surface area (Å²) < 4.78 is 45.4. The van der Waals surface area contributed by atoms with Crippen LogP contribution in [-0.2, 0) is 19.3 Å². The normalized spacial score (nSPS) is 11.2. The lowest BCUT2D eigenvalue weighted by Gasteiger charge is -2.10. The second-order valence-electron chi connectivity index (χ2n) is 8.78. The quantitative estimate of drug-likeness (QED) is 0.324. The molecule has 2 heterocycles. The van der Waals surface area contributed by atoms with Crippen LogP contribution < -0.4 is 15.4 Å². The highest BCUT2D eigenvalue weighted by Crippen LogP contribution is 2.30. The first kappa shape index (κ1) is 27.4. The molecule has 0 radical (unpaired) electrons. The zero-order chi connectivity index (χ0) is 28.2. The maximum atomic E-state index is 12.9. The van der Waals surface area contributed by atoms with Crippen LogP contribution in [0.3, 0.4) is 0 Å². The van der Waals surface area contributed by atoms with E-state index in [9.17, 15) is 22.8 Å². The van der Waals surface area contributed by atoms with E-state index < -0.39 is 11.7 Å². The van der Waals surface area contributed by atoms with Crippen LogP contribution in [0.1, 0.15) is 48.9 Å². The molecule has 0 bridgehead atoms. The Hall–Kier alpha value is -4.67. The number of hydrogen-bond acceptors (Lipinski definition) is 5. The molecule has 0 aliphatic carbocycles. The monoisotopic (exact) mass is 537 g/mol. The highest BCUT2D eigenvalue weighted by Gasteiger charge is 2.30. The van der Waals surface area contributed by atoms with Crippen molar-refractivity contribution in [2.45, 2.75) is 33.2 Å². The summed E-state index contributed by atoms with van der Waals surface area (Å²) in [6, 6.07) is 14.5. The minimum absolute atomic E-state index is 0.132. The standard InChI is InChI=1S/C28H26F3N5O3/c1-17-25(18(2)36(35-17)15-23-14-21(12-13-33-23)26(37)32-3)34-27(38)20-6-4-19(5-7-20)16-39-24-10-8-22(9-11-24)28(29,30)31/h4-14H,15-16H2,1-3H3,(H,32,37)(H,34,38). The fraction of sp³-hybridized carbons (Fsp3) is 0.214. The number of carbonyl (C=O) groups is 2. The van der Waals surface area contributed by atoms with Crippen LogP contribution in [0.25, 0.3) is 0 Å². The molecule has 0 aliphatic rings. The molecule has 0 atom stereocenters. The SMILES string of the molecule is CNC(=O)c1ccnc(Cn2nc(C)c(NC(=O)c3ccc(COc4ccc(C(F)(F)F)cc4)cc3)c2C)c1. The van der Waals surface area contributed by atoms with E-state index in [2.05, 4.69) is 20.7 Å². The van der Waals surface area contributed by atoms with Crippen molar-refractivity contribution >= 4 is 17.5 Å². The van der Waals surface area contributed by atoms with Crippen LogP contribution in [0.5, 0.6) is 5.75 Å². The van der Waals surface area contributed by atoms with E-state index >= 15 is 0 Å². The number of rotatable bonds is 8. The van der Waals surface area contributed by atoms with E-state index in [-0.39, 0.29) is 18.4 Å². The van der Waals surface area contributed by atoms with Gasteiger partial charge in [0.05, 0.1) is 34.9 Å². The Balaban J connectivity index is 1.38. The van der Waals surface area contributed by atoms with Gasteiger partial charge in [0.2, 0.25) is 0 Å². The third-order valence-corrected chi connectivity index (χ3v) is 6.04. The number of aryl methyl sites for hydroxylation is 1. The van der Waals surface area contributed by atoms with E-state index in [0.717, 1.165) is 23.4 Å². The minimum atomic E-state index is -4.40. The van der Waals surface area contributed by atoms with Crippen LogP contribution >= 0.6 is 0 Å². The minimum Gasteiger partial charge on any atom is -0.489 e. The van der Waals surface area contributed by atoms with E-state index in [1.807, 2.05) is 6.92 Å². The van der Waals surface area contributed by atoms with Crippen molar-refractivity contribution < 1.29 is 27.5 Å². The third kappa shape index (κ3) is 6.61. The molecule has 0 saturated heterocycles. The van der Waals surface area contributed by atoms with Gasteiger partial charge in [-0.1, -0.05) is 12.1 Å². The largest absolute Gasteiger partial charge is 0.489 e. The van der Waals surface area contributed by atoms with E-state index in [1.165, 1.54) is 12.1 Å². The lowest BCUT2D eigenvalue weighted by molar-refractivity contribution is -0.137. The molecule has 0 spiro atoms. The molecule has 8 nitrogen and oxygen atoms in total. The number of alkyl halides is 3. The Labute approximate surface area is 222 Å². The van der Waals surface area contributed by atoms with Gasteiger partial charge in [-0.15, -0.1) is 0 Å². The number of carbonyl (C=O) groups excluding carboxylic acids is 2. The molecule has 0 aliphatic heterocycles. The smallest absolute Gasteiger partial charge is 0.416 e. The molecule has 11 heteroatoms. The van der Waals surface area contributed by atoms with Gasteiger partial charge in [-0.2, -0.15) is 18.3 Å². The van der Waals surface area contributed by atoms with Crippen LogP contribution in [0.15, 0.2) is 66.9 Å². The van der Waals surface area contributed by atoms with Crippen LogP contribution in [0.2, 0.25) is 0 Å². The molecule has 4 rings (SSSR count). The molecule has 2 amide bonds. The molecule has 2 N–H and O–H groups in total. The second kappa shape index (κ2) is 11.4. The van der Waals surface area contributed by atoms with Gasteiger partial charge in [0.1, 0.15) is 12.4 Å².